The van der Waals surface area contributed by atoms with Crippen LogP contribution in [-0.2, 0) is 11.3 Å². The Kier molecular flexibility index (Phi) is 6.19. The maximum absolute atomic E-state index is 13.0. The maximum atomic E-state index is 13.0. The zero-order valence-corrected chi connectivity index (χ0v) is 15.4. The summed E-state index contributed by atoms with van der Waals surface area (Å²) in [4.78, 5) is 28.9. The molecule has 1 aliphatic rings. The third-order valence-corrected chi connectivity index (χ3v) is 4.76. The van der Waals surface area contributed by atoms with Gasteiger partial charge in [-0.25, -0.2) is 4.39 Å². The molecule has 142 valence electrons. The van der Waals surface area contributed by atoms with Crippen molar-refractivity contribution >= 4 is 11.8 Å². The fourth-order valence-electron chi connectivity index (χ4n) is 3.18. The van der Waals surface area contributed by atoms with Crippen molar-refractivity contribution in [2.24, 2.45) is 0 Å². The molecule has 1 aliphatic heterocycles. The van der Waals surface area contributed by atoms with Crippen molar-refractivity contribution in [1.29, 1.82) is 0 Å². The predicted molar refractivity (Wildman–Crippen MR) is 102 cm³/mol. The minimum Gasteiger partial charge on any atom is -0.341 e. The molecule has 0 bridgehead atoms. The van der Waals surface area contributed by atoms with Crippen LogP contribution >= 0.6 is 0 Å². The number of carbonyl (C=O) groups excluding carboxylic acids is 2. The number of benzene rings is 2. The van der Waals surface area contributed by atoms with Crippen molar-refractivity contribution < 1.29 is 14.0 Å². The van der Waals surface area contributed by atoms with Crippen LogP contribution in [-0.4, -0.2) is 53.8 Å². The average Bonchev–Trinajstić information content (AvgIpc) is 2.69. The number of piperazine rings is 1. The lowest BCUT2D eigenvalue weighted by atomic mass is 10.1. The first-order valence-electron chi connectivity index (χ1n) is 9.14. The predicted octanol–water partition coefficient (Wildman–Crippen LogP) is 2.29. The Morgan fingerprint density at radius 2 is 1.63 bits per heavy atom. The van der Waals surface area contributed by atoms with Crippen molar-refractivity contribution in [3.05, 3.63) is 71.5 Å². The summed E-state index contributed by atoms with van der Waals surface area (Å²) in [6.45, 7) is 5.45. The van der Waals surface area contributed by atoms with Gasteiger partial charge in [-0.2, -0.15) is 0 Å². The lowest BCUT2D eigenvalue weighted by Gasteiger charge is -2.36. The van der Waals surface area contributed by atoms with Gasteiger partial charge in [-0.1, -0.05) is 30.3 Å². The molecular formula is C21H24FN3O2. The van der Waals surface area contributed by atoms with E-state index in [4.69, 9.17) is 0 Å². The van der Waals surface area contributed by atoms with E-state index < -0.39 is 11.9 Å². The summed E-state index contributed by atoms with van der Waals surface area (Å²) in [5.74, 6) is -0.868. The van der Waals surface area contributed by atoms with Crippen LogP contribution < -0.4 is 5.32 Å². The van der Waals surface area contributed by atoms with Crippen LogP contribution in [0.2, 0.25) is 0 Å². The summed E-state index contributed by atoms with van der Waals surface area (Å²) in [5, 5.41) is 2.70. The van der Waals surface area contributed by atoms with E-state index in [0.29, 0.717) is 18.7 Å². The molecular weight excluding hydrogens is 345 g/mol. The van der Waals surface area contributed by atoms with Gasteiger partial charge >= 0.3 is 0 Å². The first kappa shape index (κ1) is 19.0. The van der Waals surface area contributed by atoms with Gasteiger partial charge in [0.2, 0.25) is 5.91 Å². The summed E-state index contributed by atoms with van der Waals surface area (Å²) in [6, 6.07) is 14.9. The Balaban J connectivity index is 1.48. The van der Waals surface area contributed by atoms with Crippen molar-refractivity contribution in [3.8, 4) is 0 Å². The van der Waals surface area contributed by atoms with E-state index in [2.05, 4.69) is 22.3 Å². The summed E-state index contributed by atoms with van der Waals surface area (Å²) in [6.07, 6.45) is 0. The van der Waals surface area contributed by atoms with Gasteiger partial charge in [-0.3, -0.25) is 14.5 Å². The molecule has 1 N–H and O–H groups in total. The molecule has 1 fully saturated rings. The molecule has 0 aliphatic carbocycles. The number of hydrogen-bond donors (Lipinski definition) is 1. The van der Waals surface area contributed by atoms with E-state index in [-0.39, 0.29) is 11.8 Å². The zero-order valence-electron chi connectivity index (χ0n) is 15.4. The normalized spacial score (nSPS) is 16.0. The molecule has 6 heteroatoms. The molecule has 3 rings (SSSR count). The molecule has 0 unspecified atom stereocenters. The molecule has 1 saturated heterocycles. The molecule has 0 radical (unpaired) electrons. The van der Waals surface area contributed by atoms with Crippen LogP contribution in [0.3, 0.4) is 0 Å². The standard InChI is InChI=1S/C21H24FN3O2/c1-16(23-20(26)18-7-9-19(22)10-8-18)21(27)25-13-11-24(12-14-25)15-17-5-3-2-4-6-17/h2-10,16H,11-15H2,1H3,(H,23,26)/t16-/m1/s1. The van der Waals surface area contributed by atoms with E-state index >= 15 is 0 Å². The van der Waals surface area contributed by atoms with Crippen LogP contribution in [0, 0.1) is 5.82 Å². The molecule has 1 heterocycles. The molecule has 0 saturated carbocycles. The number of nitrogens with one attached hydrogen (secondary N) is 1. The Bertz CT molecular complexity index is 772. The summed E-state index contributed by atoms with van der Waals surface area (Å²) >= 11 is 0. The Morgan fingerprint density at radius 1 is 1.00 bits per heavy atom. The molecule has 2 aromatic rings. The van der Waals surface area contributed by atoms with E-state index in [1.54, 1.807) is 11.8 Å². The second-order valence-corrected chi connectivity index (χ2v) is 6.79. The Morgan fingerprint density at radius 3 is 2.26 bits per heavy atom. The van der Waals surface area contributed by atoms with E-state index in [0.717, 1.165) is 19.6 Å². The Labute approximate surface area is 158 Å². The highest BCUT2D eigenvalue weighted by molar-refractivity contribution is 5.97. The van der Waals surface area contributed by atoms with Gasteiger partial charge in [0, 0.05) is 38.3 Å². The van der Waals surface area contributed by atoms with Crippen molar-refractivity contribution in [2.45, 2.75) is 19.5 Å². The quantitative estimate of drug-likeness (QED) is 0.880. The monoisotopic (exact) mass is 369 g/mol. The van der Waals surface area contributed by atoms with Crippen molar-refractivity contribution in [3.63, 3.8) is 0 Å². The minimum atomic E-state index is -0.622. The SMILES string of the molecule is C[C@@H](NC(=O)c1ccc(F)cc1)C(=O)N1CCN(Cc2ccccc2)CC1. The number of nitrogens with zero attached hydrogens (tertiary/aromatic N) is 2. The summed E-state index contributed by atoms with van der Waals surface area (Å²) in [7, 11) is 0. The average molecular weight is 369 g/mol. The molecule has 1 atom stereocenters. The zero-order chi connectivity index (χ0) is 19.2. The molecule has 5 nitrogen and oxygen atoms in total. The molecule has 2 aromatic carbocycles. The highest BCUT2D eigenvalue weighted by Crippen LogP contribution is 2.10. The van der Waals surface area contributed by atoms with Crippen LogP contribution in [0.1, 0.15) is 22.8 Å². The van der Waals surface area contributed by atoms with Gasteiger partial charge in [-0.15, -0.1) is 0 Å². The van der Waals surface area contributed by atoms with Crippen LogP contribution in [0.15, 0.2) is 54.6 Å². The summed E-state index contributed by atoms with van der Waals surface area (Å²) < 4.78 is 13.0. The minimum absolute atomic E-state index is 0.0928. The van der Waals surface area contributed by atoms with Gasteiger partial charge in [0.05, 0.1) is 0 Å². The number of amides is 2. The third-order valence-electron chi connectivity index (χ3n) is 4.76. The smallest absolute Gasteiger partial charge is 0.251 e. The highest BCUT2D eigenvalue weighted by Gasteiger charge is 2.26. The number of carbonyl (C=O) groups is 2. The second-order valence-electron chi connectivity index (χ2n) is 6.79. The van der Waals surface area contributed by atoms with Gasteiger partial charge < -0.3 is 10.2 Å². The fraction of sp³-hybridized carbons (Fsp3) is 0.333. The first-order chi connectivity index (χ1) is 13.0. The fourth-order valence-corrected chi connectivity index (χ4v) is 3.18. The van der Waals surface area contributed by atoms with Crippen LogP contribution in [0.5, 0.6) is 0 Å². The third kappa shape index (κ3) is 5.14. The van der Waals surface area contributed by atoms with E-state index in [1.165, 1.54) is 29.8 Å². The van der Waals surface area contributed by atoms with Crippen LogP contribution in [0.4, 0.5) is 4.39 Å². The number of hydrogen-bond acceptors (Lipinski definition) is 3. The first-order valence-corrected chi connectivity index (χ1v) is 9.14. The highest BCUT2D eigenvalue weighted by atomic mass is 19.1. The lowest BCUT2D eigenvalue weighted by Crippen LogP contribution is -2.53. The van der Waals surface area contributed by atoms with Gasteiger partial charge in [-0.05, 0) is 36.8 Å². The van der Waals surface area contributed by atoms with Gasteiger partial charge in [0.25, 0.3) is 5.91 Å². The number of halogens is 1. The topological polar surface area (TPSA) is 52.7 Å². The maximum Gasteiger partial charge on any atom is 0.251 e. The molecule has 0 aromatic heterocycles. The largest absolute Gasteiger partial charge is 0.341 e. The molecule has 27 heavy (non-hydrogen) atoms. The van der Waals surface area contributed by atoms with Crippen molar-refractivity contribution in [1.82, 2.24) is 15.1 Å². The Hall–Kier alpha value is -2.73. The molecule has 2 amide bonds. The molecule has 0 spiro atoms. The van der Waals surface area contributed by atoms with Gasteiger partial charge in [0.15, 0.2) is 0 Å². The van der Waals surface area contributed by atoms with Crippen LogP contribution in [0.25, 0.3) is 0 Å². The summed E-state index contributed by atoms with van der Waals surface area (Å²) in [5.41, 5.74) is 1.60. The van der Waals surface area contributed by atoms with E-state index in [1.807, 2.05) is 18.2 Å². The number of rotatable bonds is 5. The lowest BCUT2D eigenvalue weighted by molar-refractivity contribution is -0.134. The second kappa shape index (κ2) is 8.77. The van der Waals surface area contributed by atoms with E-state index in [9.17, 15) is 14.0 Å². The van der Waals surface area contributed by atoms with Gasteiger partial charge in [0.1, 0.15) is 11.9 Å². The van der Waals surface area contributed by atoms with Crippen molar-refractivity contribution in [2.75, 3.05) is 26.2 Å².